The number of nitro groups is 1. The Kier molecular flexibility index (Phi) is 9.89. The van der Waals surface area contributed by atoms with Gasteiger partial charge in [-0.2, -0.15) is 0 Å². The smallest absolute Gasteiger partial charge is 0.338 e. The third-order valence-corrected chi connectivity index (χ3v) is 8.35. The van der Waals surface area contributed by atoms with Gasteiger partial charge in [0.15, 0.2) is 16.3 Å². The van der Waals surface area contributed by atoms with Crippen molar-refractivity contribution in [2.75, 3.05) is 13.7 Å². The van der Waals surface area contributed by atoms with Crippen LogP contribution in [0.1, 0.15) is 55.8 Å². The number of methoxy groups -OCH3 is 1. The minimum atomic E-state index is -0.855. The van der Waals surface area contributed by atoms with E-state index in [2.05, 4.69) is 11.9 Å². The Hall–Kier alpha value is -5.03. The number of nitrogens with zero attached hydrogens (tertiary/aromatic N) is 3. The molecule has 0 N–H and O–H groups in total. The van der Waals surface area contributed by atoms with Crippen LogP contribution in [0, 0.1) is 10.1 Å². The van der Waals surface area contributed by atoms with Gasteiger partial charge in [-0.25, -0.2) is 9.79 Å². The third-order valence-electron chi connectivity index (χ3n) is 7.36. The van der Waals surface area contributed by atoms with Crippen molar-refractivity contribution in [2.24, 2.45) is 4.99 Å². The Bertz CT molecular complexity index is 1910. The highest BCUT2D eigenvalue weighted by Crippen LogP contribution is 2.36. The van der Waals surface area contributed by atoms with Crippen LogP contribution in [0.15, 0.2) is 93.9 Å². The molecule has 10 nitrogen and oxygen atoms in total. The number of unbranched alkanes of at least 4 members (excludes halogenated alkanes) is 2. The second-order valence-corrected chi connectivity index (χ2v) is 11.5. The predicted molar refractivity (Wildman–Crippen MR) is 171 cm³/mol. The van der Waals surface area contributed by atoms with Crippen molar-refractivity contribution in [3.63, 3.8) is 0 Å². The number of benzene rings is 3. The van der Waals surface area contributed by atoms with Crippen molar-refractivity contribution in [2.45, 2.75) is 45.8 Å². The summed E-state index contributed by atoms with van der Waals surface area (Å²) >= 11 is 1.17. The van der Waals surface area contributed by atoms with Gasteiger partial charge in [-0.05, 0) is 60.4 Å². The van der Waals surface area contributed by atoms with Crippen molar-refractivity contribution in [3.05, 3.63) is 131 Å². The highest BCUT2D eigenvalue weighted by Gasteiger charge is 2.34. The maximum absolute atomic E-state index is 14.0. The summed E-state index contributed by atoms with van der Waals surface area (Å²) in [6.45, 7) is 4.45. The third kappa shape index (κ3) is 7.04. The van der Waals surface area contributed by atoms with Crippen molar-refractivity contribution >= 4 is 29.1 Å². The van der Waals surface area contributed by atoms with Crippen LogP contribution in [0.2, 0.25) is 0 Å². The largest absolute Gasteiger partial charge is 0.493 e. The van der Waals surface area contributed by atoms with E-state index in [1.165, 1.54) is 28.0 Å². The first-order chi connectivity index (χ1) is 21.8. The van der Waals surface area contributed by atoms with Crippen LogP contribution in [-0.4, -0.2) is 29.2 Å². The van der Waals surface area contributed by atoms with E-state index in [1.807, 2.05) is 36.4 Å². The summed E-state index contributed by atoms with van der Waals surface area (Å²) in [5.74, 6) is 0.453. The Morgan fingerprint density at radius 1 is 1.07 bits per heavy atom. The van der Waals surface area contributed by atoms with Gasteiger partial charge in [-0.15, -0.1) is 0 Å². The number of ether oxygens (including phenoxy) is 3. The summed E-state index contributed by atoms with van der Waals surface area (Å²) in [6.07, 6.45) is 4.69. The molecule has 0 amide bonds. The molecule has 1 aromatic heterocycles. The molecule has 5 rings (SSSR count). The van der Waals surface area contributed by atoms with Crippen LogP contribution < -0.4 is 24.4 Å². The van der Waals surface area contributed by atoms with Gasteiger partial charge in [0.25, 0.3) is 11.2 Å². The first kappa shape index (κ1) is 31.4. The summed E-state index contributed by atoms with van der Waals surface area (Å²) in [7, 11) is 1.55. The molecule has 4 aromatic rings. The Labute approximate surface area is 263 Å². The van der Waals surface area contributed by atoms with Gasteiger partial charge in [0, 0.05) is 12.1 Å². The fourth-order valence-electron chi connectivity index (χ4n) is 5.05. The predicted octanol–water partition coefficient (Wildman–Crippen LogP) is 5.46. The van der Waals surface area contributed by atoms with Gasteiger partial charge in [-0.3, -0.25) is 19.5 Å². The molecule has 0 aliphatic carbocycles. The average molecular weight is 628 g/mol. The zero-order valence-electron chi connectivity index (χ0n) is 25.2. The number of carbonyl (C=O) groups is 1. The van der Waals surface area contributed by atoms with Crippen molar-refractivity contribution in [1.82, 2.24) is 4.57 Å². The summed E-state index contributed by atoms with van der Waals surface area (Å²) in [4.78, 5) is 43.4. The molecular weight excluding hydrogens is 594 g/mol. The van der Waals surface area contributed by atoms with Crippen molar-refractivity contribution in [3.8, 4) is 11.5 Å². The fourth-order valence-corrected chi connectivity index (χ4v) is 6.10. The van der Waals surface area contributed by atoms with Crippen molar-refractivity contribution in [1.29, 1.82) is 0 Å². The molecule has 232 valence electrons. The van der Waals surface area contributed by atoms with Crippen LogP contribution >= 0.6 is 11.3 Å². The number of carbonyl (C=O) groups excluding carboxylic acids is 1. The van der Waals surface area contributed by atoms with Gasteiger partial charge in [-0.1, -0.05) is 67.5 Å². The number of hydrogen-bond acceptors (Lipinski definition) is 9. The molecule has 1 atom stereocenters. The maximum atomic E-state index is 14.0. The Morgan fingerprint density at radius 3 is 2.51 bits per heavy atom. The maximum Gasteiger partial charge on any atom is 0.338 e. The molecule has 2 heterocycles. The second-order valence-electron chi connectivity index (χ2n) is 10.5. The molecule has 0 spiro atoms. The lowest BCUT2D eigenvalue weighted by Crippen LogP contribution is -2.39. The standard InChI is InChI=1S/C34H33N3O7S/c1-4-5-9-18-43-27-17-14-25(20-28(27)42-3)31-30(33(39)44-21-24-10-7-6-8-11-24)22(2)35-34-36(31)32(38)29(45-34)19-23-12-15-26(16-13-23)37(40)41/h6-8,10-17,19-20,31H,4-5,9,18,21H2,1-3H3/b29-19-. The molecule has 0 bridgehead atoms. The molecule has 0 saturated heterocycles. The number of nitro benzene ring substituents is 1. The summed E-state index contributed by atoms with van der Waals surface area (Å²) in [5, 5.41) is 11.1. The van der Waals surface area contributed by atoms with Gasteiger partial charge >= 0.3 is 5.97 Å². The molecule has 1 aliphatic heterocycles. The number of thiazole rings is 1. The van der Waals surface area contributed by atoms with E-state index in [9.17, 15) is 19.7 Å². The lowest BCUT2D eigenvalue weighted by Gasteiger charge is -2.25. The molecule has 45 heavy (non-hydrogen) atoms. The van der Waals surface area contributed by atoms with E-state index >= 15 is 0 Å². The number of rotatable bonds is 12. The minimum Gasteiger partial charge on any atom is -0.493 e. The number of non-ortho nitro benzene ring substituents is 1. The second kappa shape index (κ2) is 14.2. The highest BCUT2D eigenvalue weighted by atomic mass is 32.1. The van der Waals surface area contributed by atoms with Crippen LogP contribution in [0.5, 0.6) is 11.5 Å². The SMILES string of the molecule is CCCCCOc1ccc(C2C(C(=O)OCc3ccccc3)=C(C)N=c3s/c(=C\c4ccc([N+](=O)[O-])cc4)c(=O)n32)cc1OC. The summed E-state index contributed by atoms with van der Waals surface area (Å²) in [6, 6.07) is 19.8. The highest BCUT2D eigenvalue weighted by molar-refractivity contribution is 7.07. The average Bonchev–Trinajstić information content (AvgIpc) is 3.35. The molecule has 1 aliphatic rings. The summed E-state index contributed by atoms with van der Waals surface area (Å²) < 4.78 is 19.3. The lowest BCUT2D eigenvalue weighted by molar-refractivity contribution is -0.384. The van der Waals surface area contributed by atoms with Gasteiger partial charge in [0.1, 0.15) is 6.61 Å². The van der Waals surface area contributed by atoms with Gasteiger partial charge in [0.2, 0.25) is 0 Å². The van der Waals surface area contributed by atoms with Gasteiger partial charge < -0.3 is 14.2 Å². The van der Waals surface area contributed by atoms with E-state index in [0.29, 0.717) is 44.3 Å². The topological polar surface area (TPSA) is 122 Å². The zero-order valence-corrected chi connectivity index (χ0v) is 26.0. The van der Waals surface area contributed by atoms with Crippen LogP contribution in [0.4, 0.5) is 5.69 Å². The molecule has 0 radical (unpaired) electrons. The zero-order chi connectivity index (χ0) is 31.9. The van der Waals surface area contributed by atoms with E-state index in [1.54, 1.807) is 44.4 Å². The molecule has 3 aromatic carbocycles. The molecule has 11 heteroatoms. The van der Waals surface area contributed by atoms with E-state index in [4.69, 9.17) is 14.2 Å². The Balaban J connectivity index is 1.58. The lowest BCUT2D eigenvalue weighted by atomic mass is 9.95. The summed E-state index contributed by atoms with van der Waals surface area (Å²) in [5.41, 5.74) is 2.33. The Morgan fingerprint density at radius 2 is 1.82 bits per heavy atom. The van der Waals surface area contributed by atoms with Crippen LogP contribution in [0.25, 0.3) is 6.08 Å². The number of aromatic nitrogens is 1. The van der Waals surface area contributed by atoms with Crippen LogP contribution in [0.3, 0.4) is 0 Å². The molecule has 1 unspecified atom stereocenters. The molecule has 0 fully saturated rings. The fraction of sp³-hybridized carbons (Fsp3) is 0.265. The number of hydrogen-bond donors (Lipinski definition) is 0. The first-order valence-corrected chi connectivity index (χ1v) is 15.4. The van der Waals surface area contributed by atoms with E-state index < -0.39 is 16.9 Å². The molecular formula is C34H33N3O7S. The minimum absolute atomic E-state index is 0.0466. The first-order valence-electron chi connectivity index (χ1n) is 14.6. The number of fused-ring (bicyclic) bond motifs is 1. The van der Waals surface area contributed by atoms with E-state index in [-0.39, 0.29) is 23.4 Å². The molecule has 0 saturated carbocycles. The van der Waals surface area contributed by atoms with E-state index in [0.717, 1.165) is 24.8 Å². The van der Waals surface area contributed by atoms with Crippen LogP contribution in [-0.2, 0) is 16.1 Å². The number of esters is 1. The quantitative estimate of drug-likeness (QED) is 0.0884. The normalized spacial score (nSPS) is 14.5. The van der Waals surface area contributed by atoms with Gasteiger partial charge in [0.05, 0.1) is 40.5 Å². The van der Waals surface area contributed by atoms with Crippen molar-refractivity contribution < 1.29 is 23.9 Å². The monoisotopic (exact) mass is 627 g/mol. The number of allylic oxidation sites excluding steroid dienone is 1.